The van der Waals surface area contributed by atoms with Crippen LogP contribution in [0.3, 0.4) is 0 Å². The second kappa shape index (κ2) is 11.5. The van der Waals surface area contributed by atoms with Gasteiger partial charge in [0.05, 0.1) is 5.41 Å². The molecule has 4 heteroatoms. The molecule has 3 nitrogen and oxygen atoms in total. The first kappa shape index (κ1) is 30.2. The molecule has 0 N–H and O–H groups in total. The minimum absolute atomic E-state index is 0.580. The van der Waals surface area contributed by atoms with Gasteiger partial charge >= 0.3 is 0 Å². The predicted octanol–water partition coefficient (Wildman–Crippen LogP) is 12.4. The average molecular weight is 694 g/mol. The monoisotopic (exact) mass is 693 g/mol. The van der Waals surface area contributed by atoms with Crippen LogP contribution >= 0.6 is 11.3 Å². The van der Waals surface area contributed by atoms with Crippen LogP contribution in [0.5, 0.6) is 0 Å². The average Bonchev–Trinajstić information content (AvgIpc) is 3.67. The summed E-state index contributed by atoms with van der Waals surface area (Å²) in [4.78, 5) is 15.4. The number of thiophene rings is 1. The fourth-order valence-corrected chi connectivity index (χ4v) is 9.81. The Bertz CT molecular complexity index is 2980. The quantitative estimate of drug-likeness (QED) is 0.185. The van der Waals surface area contributed by atoms with Gasteiger partial charge < -0.3 is 0 Å². The zero-order chi connectivity index (χ0) is 35.1. The van der Waals surface area contributed by atoms with Gasteiger partial charge in [-0.25, -0.2) is 15.0 Å². The number of benzene rings is 7. The predicted molar refractivity (Wildman–Crippen MR) is 220 cm³/mol. The highest BCUT2D eigenvalue weighted by molar-refractivity contribution is 7.25. The zero-order valence-corrected chi connectivity index (χ0v) is 29.7. The van der Waals surface area contributed by atoms with E-state index in [1.54, 1.807) is 0 Å². The Balaban J connectivity index is 1.23. The number of hydrogen-bond acceptors (Lipinski definition) is 4. The van der Waals surface area contributed by atoms with Crippen molar-refractivity contribution in [3.63, 3.8) is 0 Å². The maximum absolute atomic E-state index is 5.19. The molecule has 0 bridgehead atoms. The Hall–Kier alpha value is -6.49. The van der Waals surface area contributed by atoms with E-state index in [-0.39, 0.29) is 0 Å². The highest BCUT2D eigenvalue weighted by atomic mass is 32.1. The Morgan fingerprint density at radius 3 is 1.91 bits per heavy atom. The van der Waals surface area contributed by atoms with Crippen molar-refractivity contribution in [1.29, 1.82) is 0 Å². The summed E-state index contributed by atoms with van der Waals surface area (Å²) >= 11 is 1.88. The van der Waals surface area contributed by atoms with Gasteiger partial charge in [-0.2, -0.15) is 0 Å². The number of aromatic nitrogens is 3. The summed E-state index contributed by atoms with van der Waals surface area (Å²) in [6, 6.07) is 57.1. The molecule has 0 fully saturated rings. The molecule has 2 aromatic heterocycles. The van der Waals surface area contributed by atoms with Crippen molar-refractivity contribution in [3.05, 3.63) is 197 Å². The first-order chi connectivity index (χ1) is 26.1. The normalized spacial score (nSPS) is 15.3. The van der Waals surface area contributed by atoms with Crippen molar-refractivity contribution in [1.82, 2.24) is 15.0 Å². The Kier molecular flexibility index (Phi) is 6.55. The van der Waals surface area contributed by atoms with Gasteiger partial charge in [-0.3, -0.25) is 0 Å². The first-order valence-electron chi connectivity index (χ1n) is 18.0. The van der Waals surface area contributed by atoms with Crippen LogP contribution in [0.2, 0.25) is 0 Å². The summed E-state index contributed by atoms with van der Waals surface area (Å²) in [6.45, 7) is 2.10. The molecule has 0 aliphatic heterocycles. The lowest BCUT2D eigenvalue weighted by atomic mass is 9.65. The molecule has 1 atom stereocenters. The third kappa shape index (κ3) is 4.49. The van der Waals surface area contributed by atoms with E-state index >= 15 is 0 Å². The molecule has 2 aliphatic rings. The van der Waals surface area contributed by atoms with Crippen LogP contribution in [0.25, 0.3) is 77.6 Å². The molecular formula is C49H31N3S. The van der Waals surface area contributed by atoms with Gasteiger partial charge in [0.1, 0.15) is 0 Å². The highest BCUT2D eigenvalue weighted by Crippen LogP contribution is 2.60. The SMILES string of the molecule is Cc1cccc(-c2nc(-c3ccccc3)nc(-c3ccc4c(c3)C3(c5ccccc5C=C4)c4ccccc4-c4cc5sc6ccccc6c5cc43)n2)c1. The highest BCUT2D eigenvalue weighted by Gasteiger charge is 2.49. The minimum Gasteiger partial charge on any atom is -0.208 e. The summed E-state index contributed by atoms with van der Waals surface area (Å²) in [5.74, 6) is 1.97. The van der Waals surface area contributed by atoms with Crippen molar-refractivity contribution in [3.8, 4) is 45.3 Å². The standard InChI is InChI=1S/C49H31N3S/c1-30-12-11-16-34(26-30)47-50-46(33-14-3-2-4-15-33)51-48(52-47)35-25-24-32-23-22-31-13-5-8-19-40(31)49(42(32)27-35)41-20-9-6-17-36(41)38-29-45-39(28-43(38)49)37-18-7-10-21-44(37)53-45/h2-29H,1H3. The van der Waals surface area contributed by atoms with Gasteiger partial charge in [0.25, 0.3) is 0 Å². The van der Waals surface area contributed by atoms with E-state index < -0.39 is 5.41 Å². The number of aryl methyl sites for hydroxylation is 1. The lowest BCUT2D eigenvalue weighted by Gasteiger charge is -2.35. The van der Waals surface area contributed by atoms with E-state index in [0.29, 0.717) is 17.5 Å². The molecule has 9 aromatic rings. The van der Waals surface area contributed by atoms with E-state index in [1.807, 2.05) is 29.5 Å². The van der Waals surface area contributed by atoms with Crippen LogP contribution < -0.4 is 0 Å². The van der Waals surface area contributed by atoms with Crippen molar-refractivity contribution in [2.45, 2.75) is 12.3 Å². The van der Waals surface area contributed by atoms with E-state index in [9.17, 15) is 0 Å². The molecular weight excluding hydrogens is 663 g/mol. The van der Waals surface area contributed by atoms with Crippen LogP contribution in [0.15, 0.2) is 158 Å². The molecule has 2 aliphatic carbocycles. The molecule has 11 rings (SSSR count). The molecule has 0 radical (unpaired) electrons. The Morgan fingerprint density at radius 1 is 0.415 bits per heavy atom. The fourth-order valence-electron chi connectivity index (χ4n) is 8.68. The van der Waals surface area contributed by atoms with Crippen LogP contribution in [0.1, 0.15) is 38.9 Å². The van der Waals surface area contributed by atoms with Crippen LogP contribution in [-0.2, 0) is 5.41 Å². The first-order valence-corrected chi connectivity index (χ1v) is 18.8. The van der Waals surface area contributed by atoms with Gasteiger partial charge in [0.15, 0.2) is 17.5 Å². The fraction of sp³-hybridized carbons (Fsp3) is 0.0408. The molecule has 0 saturated carbocycles. The van der Waals surface area contributed by atoms with Crippen molar-refractivity contribution in [2.75, 3.05) is 0 Å². The molecule has 1 spiro atoms. The van der Waals surface area contributed by atoms with E-state index in [1.165, 1.54) is 64.7 Å². The summed E-state index contributed by atoms with van der Waals surface area (Å²) in [5.41, 5.74) is 13.5. The van der Waals surface area contributed by atoms with E-state index in [4.69, 9.17) is 15.0 Å². The maximum atomic E-state index is 5.19. The molecule has 248 valence electrons. The molecule has 53 heavy (non-hydrogen) atoms. The second-order valence-electron chi connectivity index (χ2n) is 14.1. The third-order valence-electron chi connectivity index (χ3n) is 11.0. The minimum atomic E-state index is -0.580. The van der Waals surface area contributed by atoms with Crippen LogP contribution in [0, 0.1) is 6.92 Å². The van der Waals surface area contributed by atoms with Gasteiger partial charge in [0.2, 0.25) is 0 Å². The van der Waals surface area contributed by atoms with Crippen molar-refractivity contribution < 1.29 is 0 Å². The van der Waals surface area contributed by atoms with Gasteiger partial charge in [-0.1, -0.05) is 145 Å². The number of fused-ring (bicyclic) bond motifs is 12. The summed E-state index contributed by atoms with van der Waals surface area (Å²) < 4.78 is 2.63. The Labute approximate surface area is 311 Å². The van der Waals surface area contributed by atoms with Gasteiger partial charge in [-0.15, -0.1) is 11.3 Å². The molecule has 1 unspecified atom stereocenters. The van der Waals surface area contributed by atoms with Crippen LogP contribution in [0.4, 0.5) is 0 Å². The Morgan fingerprint density at radius 2 is 1.08 bits per heavy atom. The second-order valence-corrected chi connectivity index (χ2v) is 15.1. The summed E-state index contributed by atoms with van der Waals surface area (Å²) in [6.07, 6.45) is 4.57. The topological polar surface area (TPSA) is 38.7 Å². The number of hydrogen-bond donors (Lipinski definition) is 0. The number of rotatable bonds is 3. The van der Waals surface area contributed by atoms with Crippen molar-refractivity contribution in [2.24, 2.45) is 0 Å². The van der Waals surface area contributed by atoms with E-state index in [0.717, 1.165) is 22.3 Å². The lowest BCUT2D eigenvalue weighted by Crippen LogP contribution is -2.30. The van der Waals surface area contributed by atoms with Crippen LogP contribution in [-0.4, -0.2) is 15.0 Å². The molecule has 0 amide bonds. The third-order valence-corrected chi connectivity index (χ3v) is 12.1. The molecule has 0 saturated heterocycles. The molecule has 7 aromatic carbocycles. The van der Waals surface area contributed by atoms with Gasteiger partial charge in [-0.05, 0) is 81.8 Å². The molecule has 2 heterocycles. The zero-order valence-electron chi connectivity index (χ0n) is 28.9. The maximum Gasteiger partial charge on any atom is 0.164 e. The van der Waals surface area contributed by atoms with Crippen molar-refractivity contribution >= 4 is 43.7 Å². The number of nitrogens with zero attached hydrogens (tertiary/aromatic N) is 3. The summed E-state index contributed by atoms with van der Waals surface area (Å²) in [5, 5.41) is 2.61. The smallest absolute Gasteiger partial charge is 0.164 e. The lowest BCUT2D eigenvalue weighted by molar-refractivity contribution is 0.767. The summed E-state index contributed by atoms with van der Waals surface area (Å²) in [7, 11) is 0. The largest absolute Gasteiger partial charge is 0.208 e. The van der Waals surface area contributed by atoms with E-state index in [2.05, 4.69) is 159 Å². The van der Waals surface area contributed by atoms with Gasteiger partial charge in [0, 0.05) is 36.9 Å².